The van der Waals surface area contributed by atoms with Gasteiger partial charge in [0.2, 0.25) is 0 Å². The van der Waals surface area contributed by atoms with Gasteiger partial charge in [-0.2, -0.15) is 0 Å². The summed E-state index contributed by atoms with van der Waals surface area (Å²) in [6.07, 6.45) is 2.70. The minimum atomic E-state index is -0.110. The van der Waals surface area contributed by atoms with Crippen LogP contribution in [0.25, 0.3) is 11.0 Å². The van der Waals surface area contributed by atoms with E-state index in [9.17, 15) is 4.79 Å². The molecule has 0 radical (unpaired) electrons. The van der Waals surface area contributed by atoms with Crippen LogP contribution in [0.15, 0.2) is 48.8 Å². The van der Waals surface area contributed by atoms with Crippen LogP contribution in [0.4, 0.5) is 0 Å². The van der Waals surface area contributed by atoms with E-state index in [1.54, 1.807) is 6.33 Å². The number of benzene rings is 2. The van der Waals surface area contributed by atoms with Gasteiger partial charge < -0.3 is 10.3 Å². The van der Waals surface area contributed by atoms with E-state index in [-0.39, 0.29) is 11.4 Å². The molecule has 5 heteroatoms. The highest BCUT2D eigenvalue weighted by Gasteiger charge is 2.30. The third-order valence-electron chi connectivity index (χ3n) is 5.35. The summed E-state index contributed by atoms with van der Waals surface area (Å²) in [4.78, 5) is 22.3. The van der Waals surface area contributed by atoms with Gasteiger partial charge >= 0.3 is 0 Å². The Morgan fingerprint density at radius 2 is 2.04 bits per heavy atom. The number of rotatable bonds is 4. The van der Waals surface area contributed by atoms with Crippen molar-refractivity contribution in [3.05, 3.63) is 65.5 Å². The Labute approximate surface area is 153 Å². The minimum Gasteiger partial charge on any atom is -0.350 e. The highest BCUT2D eigenvalue weighted by atomic mass is 16.1. The van der Waals surface area contributed by atoms with Gasteiger partial charge in [-0.15, -0.1) is 0 Å². The van der Waals surface area contributed by atoms with Crippen LogP contribution in [0.3, 0.4) is 0 Å². The summed E-state index contributed by atoms with van der Waals surface area (Å²) < 4.78 is 0. The third kappa shape index (κ3) is 3.22. The molecule has 0 saturated carbocycles. The van der Waals surface area contributed by atoms with Crippen molar-refractivity contribution in [3.63, 3.8) is 0 Å². The quantitative estimate of drug-likeness (QED) is 0.761. The van der Waals surface area contributed by atoms with Crippen molar-refractivity contribution in [1.82, 2.24) is 20.2 Å². The number of amides is 1. The van der Waals surface area contributed by atoms with Gasteiger partial charge in [0, 0.05) is 30.7 Å². The van der Waals surface area contributed by atoms with E-state index in [0.29, 0.717) is 12.1 Å². The molecular weight excluding hydrogens is 324 g/mol. The molecule has 26 heavy (non-hydrogen) atoms. The number of aromatic amines is 1. The number of aromatic nitrogens is 2. The Morgan fingerprint density at radius 3 is 2.88 bits per heavy atom. The third-order valence-corrected chi connectivity index (χ3v) is 5.35. The zero-order valence-electron chi connectivity index (χ0n) is 15.2. The maximum absolute atomic E-state index is 12.6. The van der Waals surface area contributed by atoms with Crippen molar-refractivity contribution in [2.45, 2.75) is 32.4 Å². The van der Waals surface area contributed by atoms with Crippen molar-refractivity contribution < 1.29 is 4.79 Å². The summed E-state index contributed by atoms with van der Waals surface area (Å²) >= 11 is 0. The second kappa shape index (κ2) is 6.57. The molecule has 2 aromatic carbocycles. The van der Waals surface area contributed by atoms with Crippen molar-refractivity contribution in [2.75, 3.05) is 13.1 Å². The van der Waals surface area contributed by atoms with E-state index in [4.69, 9.17) is 0 Å². The SMILES string of the molecule is CC(C)(CNC(=O)c1ccc2nc[nH]c2c1)N1CCc2ccccc2C1. The number of imidazole rings is 1. The molecule has 3 aromatic rings. The highest BCUT2D eigenvalue weighted by molar-refractivity contribution is 5.97. The molecule has 1 aliphatic rings. The van der Waals surface area contributed by atoms with E-state index in [1.807, 2.05) is 18.2 Å². The van der Waals surface area contributed by atoms with E-state index >= 15 is 0 Å². The summed E-state index contributed by atoms with van der Waals surface area (Å²) in [6, 6.07) is 14.2. The molecule has 0 aliphatic carbocycles. The van der Waals surface area contributed by atoms with Crippen molar-refractivity contribution >= 4 is 16.9 Å². The van der Waals surface area contributed by atoms with Gasteiger partial charge in [0.25, 0.3) is 5.91 Å². The zero-order valence-corrected chi connectivity index (χ0v) is 15.2. The number of H-pyrrole nitrogens is 1. The molecule has 1 amide bonds. The summed E-state index contributed by atoms with van der Waals surface area (Å²) in [6.45, 7) is 6.94. The number of hydrogen-bond donors (Lipinski definition) is 2. The molecule has 1 aliphatic heterocycles. The normalized spacial score (nSPS) is 15.0. The summed E-state index contributed by atoms with van der Waals surface area (Å²) in [5, 5.41) is 3.10. The lowest BCUT2D eigenvalue weighted by Gasteiger charge is -2.41. The fourth-order valence-electron chi connectivity index (χ4n) is 3.60. The lowest BCUT2D eigenvalue weighted by molar-refractivity contribution is 0.0826. The van der Waals surface area contributed by atoms with Crippen molar-refractivity contribution in [2.24, 2.45) is 0 Å². The van der Waals surface area contributed by atoms with Crippen LogP contribution < -0.4 is 5.32 Å². The maximum Gasteiger partial charge on any atom is 0.251 e. The van der Waals surface area contributed by atoms with Crippen LogP contribution in [0.5, 0.6) is 0 Å². The molecule has 5 nitrogen and oxygen atoms in total. The van der Waals surface area contributed by atoms with Crippen LogP contribution in [0.2, 0.25) is 0 Å². The van der Waals surface area contributed by atoms with E-state index in [0.717, 1.165) is 30.5 Å². The molecule has 0 unspecified atom stereocenters. The van der Waals surface area contributed by atoms with E-state index in [1.165, 1.54) is 11.1 Å². The fourth-order valence-corrected chi connectivity index (χ4v) is 3.60. The van der Waals surface area contributed by atoms with Gasteiger partial charge in [0.1, 0.15) is 0 Å². The Kier molecular flexibility index (Phi) is 4.24. The highest BCUT2D eigenvalue weighted by Crippen LogP contribution is 2.25. The van der Waals surface area contributed by atoms with E-state index in [2.05, 4.69) is 58.3 Å². The Morgan fingerprint density at radius 1 is 1.23 bits per heavy atom. The lowest BCUT2D eigenvalue weighted by atomic mass is 9.94. The molecule has 134 valence electrons. The van der Waals surface area contributed by atoms with Gasteiger partial charge in [-0.25, -0.2) is 4.98 Å². The Balaban J connectivity index is 1.42. The van der Waals surface area contributed by atoms with Crippen LogP contribution in [-0.2, 0) is 13.0 Å². The minimum absolute atomic E-state index is 0.0491. The predicted molar refractivity (Wildman–Crippen MR) is 103 cm³/mol. The summed E-state index contributed by atoms with van der Waals surface area (Å²) in [5.41, 5.74) is 5.13. The molecule has 0 saturated heterocycles. The second-order valence-electron chi connectivity index (χ2n) is 7.57. The fraction of sp³-hybridized carbons (Fsp3) is 0.333. The predicted octanol–water partition coefficient (Wildman–Crippen LogP) is 3.13. The molecule has 0 bridgehead atoms. The first-order chi connectivity index (χ1) is 12.5. The van der Waals surface area contributed by atoms with Gasteiger partial charge in [0.15, 0.2) is 0 Å². The van der Waals surface area contributed by atoms with E-state index < -0.39 is 0 Å². The first-order valence-electron chi connectivity index (χ1n) is 9.06. The van der Waals surface area contributed by atoms with Gasteiger partial charge in [-0.3, -0.25) is 9.69 Å². The average Bonchev–Trinajstić information content (AvgIpc) is 3.13. The molecule has 2 heterocycles. The Bertz CT molecular complexity index is 944. The van der Waals surface area contributed by atoms with Crippen LogP contribution in [0, 0.1) is 0 Å². The van der Waals surface area contributed by atoms with Crippen LogP contribution >= 0.6 is 0 Å². The second-order valence-corrected chi connectivity index (χ2v) is 7.57. The zero-order chi connectivity index (χ0) is 18.1. The molecule has 0 spiro atoms. The molecule has 1 aromatic heterocycles. The smallest absolute Gasteiger partial charge is 0.251 e. The molecule has 2 N–H and O–H groups in total. The van der Waals surface area contributed by atoms with Crippen LogP contribution in [-0.4, -0.2) is 39.4 Å². The number of fused-ring (bicyclic) bond motifs is 2. The summed E-state index contributed by atoms with van der Waals surface area (Å²) in [7, 11) is 0. The largest absolute Gasteiger partial charge is 0.350 e. The summed E-state index contributed by atoms with van der Waals surface area (Å²) in [5.74, 6) is -0.0491. The van der Waals surface area contributed by atoms with Gasteiger partial charge in [-0.05, 0) is 49.6 Å². The molecule has 4 rings (SSSR count). The topological polar surface area (TPSA) is 61.0 Å². The number of carbonyl (C=O) groups is 1. The first-order valence-corrected chi connectivity index (χ1v) is 9.06. The lowest BCUT2D eigenvalue weighted by Crippen LogP contribution is -2.53. The standard InChI is InChI=1S/C21H24N4O/c1-21(2,25-10-9-15-5-3-4-6-17(15)12-25)13-22-20(26)16-7-8-18-19(11-16)24-14-23-18/h3-8,11,14H,9-10,12-13H2,1-2H3,(H,22,26)(H,23,24). The van der Waals surface area contributed by atoms with Gasteiger partial charge in [-0.1, -0.05) is 24.3 Å². The monoisotopic (exact) mass is 348 g/mol. The number of nitrogens with zero attached hydrogens (tertiary/aromatic N) is 2. The Hall–Kier alpha value is -2.66. The van der Waals surface area contributed by atoms with Crippen molar-refractivity contribution in [3.8, 4) is 0 Å². The number of nitrogens with one attached hydrogen (secondary N) is 2. The van der Waals surface area contributed by atoms with Crippen molar-refractivity contribution in [1.29, 1.82) is 0 Å². The molecular formula is C21H24N4O. The average molecular weight is 348 g/mol. The van der Waals surface area contributed by atoms with Crippen LogP contribution in [0.1, 0.15) is 35.3 Å². The molecule has 0 atom stereocenters. The van der Waals surface area contributed by atoms with Gasteiger partial charge in [0.05, 0.1) is 17.4 Å². The maximum atomic E-state index is 12.6. The first kappa shape index (κ1) is 16.8. The number of carbonyl (C=O) groups excluding carboxylic acids is 1. The number of hydrogen-bond acceptors (Lipinski definition) is 3. The molecule has 0 fully saturated rings.